The van der Waals surface area contributed by atoms with Crippen molar-refractivity contribution >= 4 is 28.4 Å². The minimum atomic E-state index is -1.31. The maximum Gasteiger partial charge on any atom is 0.245 e. The molecule has 4 heterocycles. The summed E-state index contributed by atoms with van der Waals surface area (Å²) < 4.78 is 17.4. The Morgan fingerprint density at radius 1 is 1.08 bits per heavy atom. The van der Waals surface area contributed by atoms with Crippen LogP contribution in [0.3, 0.4) is 0 Å². The molecule has 12 heteroatoms. The Balaban J connectivity index is 1.40. The zero-order valence-corrected chi connectivity index (χ0v) is 21.3. The SMILES string of the molecule is CCn1cnc(CC(=O)[C@@H]2C[C@@H](F)CN2C(=O)Cn2nc(C(C)=O)c3cc(-c4cnc(C)nc4)ccc32)n1. The molecule has 1 amide bonds. The van der Waals surface area contributed by atoms with Crippen molar-refractivity contribution in [3.63, 3.8) is 0 Å². The van der Waals surface area contributed by atoms with E-state index in [2.05, 4.69) is 25.1 Å². The third-order valence-electron chi connectivity index (χ3n) is 6.67. The number of alkyl halides is 1. The topological polar surface area (TPSA) is 129 Å². The van der Waals surface area contributed by atoms with Gasteiger partial charge in [0.25, 0.3) is 0 Å². The van der Waals surface area contributed by atoms with Crippen LogP contribution in [-0.4, -0.2) is 75.6 Å². The number of hydrogen-bond acceptors (Lipinski definition) is 8. The smallest absolute Gasteiger partial charge is 0.245 e. The van der Waals surface area contributed by atoms with Gasteiger partial charge in [-0.25, -0.2) is 19.3 Å². The van der Waals surface area contributed by atoms with Crippen molar-refractivity contribution in [1.29, 1.82) is 0 Å². The lowest BCUT2D eigenvalue weighted by atomic mass is 10.0. The Kier molecular flexibility index (Phi) is 6.79. The molecule has 2 atom stereocenters. The van der Waals surface area contributed by atoms with Crippen LogP contribution in [0.25, 0.3) is 22.0 Å². The molecule has 0 spiro atoms. The third-order valence-corrected chi connectivity index (χ3v) is 6.67. The number of Topliss-reactive ketones (excluding diaryl/α,β-unsaturated/α-hetero) is 2. The second kappa shape index (κ2) is 10.2. The van der Waals surface area contributed by atoms with Gasteiger partial charge >= 0.3 is 0 Å². The van der Waals surface area contributed by atoms with E-state index in [9.17, 15) is 18.8 Å². The summed E-state index contributed by atoms with van der Waals surface area (Å²) in [5.74, 6) is -0.0362. The normalized spacial score (nSPS) is 17.3. The monoisotopic (exact) mass is 518 g/mol. The summed E-state index contributed by atoms with van der Waals surface area (Å²) in [5, 5.41) is 9.20. The third kappa shape index (κ3) is 4.93. The number of carbonyl (C=O) groups is 3. The molecule has 38 heavy (non-hydrogen) atoms. The van der Waals surface area contributed by atoms with Crippen molar-refractivity contribution in [2.24, 2.45) is 0 Å². The van der Waals surface area contributed by atoms with Crippen LogP contribution in [0.4, 0.5) is 4.39 Å². The summed E-state index contributed by atoms with van der Waals surface area (Å²) in [6.07, 6.45) is 3.47. The van der Waals surface area contributed by atoms with Crippen LogP contribution in [0.1, 0.15) is 42.4 Å². The number of amides is 1. The van der Waals surface area contributed by atoms with Gasteiger partial charge in [0.05, 0.1) is 24.5 Å². The summed E-state index contributed by atoms with van der Waals surface area (Å²) in [6, 6.07) is 4.52. The zero-order valence-electron chi connectivity index (χ0n) is 21.3. The molecule has 1 fully saturated rings. The molecule has 0 aliphatic carbocycles. The molecular weight excluding hydrogens is 491 g/mol. The van der Waals surface area contributed by atoms with Crippen molar-refractivity contribution in [3.05, 3.63) is 54.3 Å². The van der Waals surface area contributed by atoms with E-state index in [-0.39, 0.29) is 43.2 Å². The first-order chi connectivity index (χ1) is 18.2. The molecular formula is C26H27FN8O3. The number of aryl methyl sites for hydroxylation is 2. The number of likely N-dealkylation sites (tertiary alicyclic amines) is 1. The standard InChI is InChI=1S/C26H27FN8O3/c1-4-33-14-30-24(31-33)9-23(37)22-8-19(27)12-34(22)25(38)13-35-21-6-5-17(18-10-28-16(3)29-11-18)7-20(21)26(32-35)15(2)36/h5-7,10-11,14,19,22H,4,8-9,12-13H2,1-3H3/t19-,22+/m1/s1. The fourth-order valence-electron chi connectivity index (χ4n) is 4.71. The lowest BCUT2D eigenvalue weighted by Crippen LogP contribution is -2.43. The van der Waals surface area contributed by atoms with Gasteiger partial charge in [-0.3, -0.25) is 23.7 Å². The average Bonchev–Trinajstić information content (AvgIpc) is 3.61. The van der Waals surface area contributed by atoms with Gasteiger partial charge < -0.3 is 4.90 Å². The van der Waals surface area contributed by atoms with Crippen LogP contribution in [0.15, 0.2) is 36.9 Å². The molecule has 4 aromatic rings. The second-order valence-corrected chi connectivity index (χ2v) is 9.37. The molecule has 0 bridgehead atoms. The highest BCUT2D eigenvalue weighted by molar-refractivity contribution is 6.06. The first-order valence-electron chi connectivity index (χ1n) is 12.4. The maximum absolute atomic E-state index is 14.4. The zero-order chi connectivity index (χ0) is 27.0. The Hall–Kier alpha value is -4.35. The van der Waals surface area contributed by atoms with Gasteiger partial charge in [-0.05, 0) is 31.5 Å². The van der Waals surface area contributed by atoms with Gasteiger partial charge in [0, 0.05) is 43.2 Å². The molecule has 1 aliphatic heterocycles. The number of rotatable bonds is 8. The first-order valence-corrected chi connectivity index (χ1v) is 12.4. The minimum absolute atomic E-state index is 0.0698. The molecule has 3 aromatic heterocycles. The van der Waals surface area contributed by atoms with Gasteiger partial charge in [-0.1, -0.05) is 6.07 Å². The number of carbonyl (C=O) groups excluding carboxylic acids is 3. The minimum Gasteiger partial charge on any atom is -0.328 e. The quantitative estimate of drug-likeness (QED) is 0.325. The van der Waals surface area contributed by atoms with Crippen LogP contribution in [-0.2, 0) is 29.1 Å². The van der Waals surface area contributed by atoms with E-state index in [0.29, 0.717) is 29.1 Å². The number of hydrogen-bond donors (Lipinski definition) is 0. The van der Waals surface area contributed by atoms with Crippen LogP contribution in [0.2, 0.25) is 0 Å². The number of ketones is 2. The van der Waals surface area contributed by atoms with Gasteiger partial charge in [0.2, 0.25) is 5.91 Å². The Labute approximate surface area is 217 Å². The van der Waals surface area contributed by atoms with Crippen LogP contribution in [0, 0.1) is 6.92 Å². The average molecular weight is 519 g/mol. The van der Waals surface area contributed by atoms with Gasteiger partial charge in [0.1, 0.15) is 30.6 Å². The molecule has 0 saturated carbocycles. The fraction of sp³-hybridized carbons (Fsp3) is 0.385. The highest BCUT2D eigenvalue weighted by Crippen LogP contribution is 2.28. The van der Waals surface area contributed by atoms with Crippen molar-refractivity contribution in [3.8, 4) is 11.1 Å². The molecule has 11 nitrogen and oxygen atoms in total. The summed E-state index contributed by atoms with van der Waals surface area (Å²) in [5.41, 5.74) is 2.38. The van der Waals surface area contributed by atoms with Gasteiger partial charge in [0.15, 0.2) is 17.4 Å². The van der Waals surface area contributed by atoms with Gasteiger partial charge in [-0.15, -0.1) is 0 Å². The number of aromatic nitrogens is 7. The van der Waals surface area contributed by atoms with Crippen molar-refractivity contribution < 1.29 is 18.8 Å². The molecule has 196 valence electrons. The van der Waals surface area contributed by atoms with Crippen molar-refractivity contribution in [2.45, 2.75) is 58.9 Å². The molecule has 0 N–H and O–H groups in total. The highest BCUT2D eigenvalue weighted by atomic mass is 19.1. The molecule has 1 saturated heterocycles. The number of fused-ring (bicyclic) bond motifs is 1. The second-order valence-electron chi connectivity index (χ2n) is 9.37. The first kappa shape index (κ1) is 25.3. The van der Waals surface area contributed by atoms with E-state index in [0.717, 1.165) is 11.1 Å². The predicted octanol–water partition coefficient (Wildman–Crippen LogP) is 2.37. The summed E-state index contributed by atoms with van der Waals surface area (Å²) in [4.78, 5) is 52.6. The van der Waals surface area contributed by atoms with E-state index in [4.69, 9.17) is 0 Å². The highest BCUT2D eigenvalue weighted by Gasteiger charge is 2.40. The Morgan fingerprint density at radius 2 is 1.84 bits per heavy atom. The van der Waals surface area contributed by atoms with Gasteiger partial charge in [-0.2, -0.15) is 10.2 Å². The molecule has 0 unspecified atom stereocenters. The van der Waals surface area contributed by atoms with E-state index >= 15 is 0 Å². The number of nitrogens with zero attached hydrogens (tertiary/aromatic N) is 8. The number of benzene rings is 1. The molecule has 0 radical (unpaired) electrons. The van der Waals surface area contributed by atoms with E-state index < -0.39 is 18.1 Å². The van der Waals surface area contributed by atoms with Crippen LogP contribution >= 0.6 is 0 Å². The van der Waals surface area contributed by atoms with E-state index in [1.54, 1.807) is 30.1 Å². The van der Waals surface area contributed by atoms with E-state index in [1.165, 1.54) is 22.8 Å². The summed E-state index contributed by atoms with van der Waals surface area (Å²) in [6.45, 7) is 5.30. The largest absolute Gasteiger partial charge is 0.328 e. The molecule has 1 aliphatic rings. The molecule has 5 rings (SSSR count). The lowest BCUT2D eigenvalue weighted by Gasteiger charge is -2.23. The van der Waals surface area contributed by atoms with Crippen molar-refractivity contribution in [2.75, 3.05) is 6.54 Å². The lowest BCUT2D eigenvalue weighted by molar-refractivity contribution is -0.138. The molecule has 1 aromatic carbocycles. The Morgan fingerprint density at radius 3 is 2.53 bits per heavy atom. The number of halogens is 1. The fourth-order valence-corrected chi connectivity index (χ4v) is 4.71. The maximum atomic E-state index is 14.4. The predicted molar refractivity (Wildman–Crippen MR) is 135 cm³/mol. The van der Waals surface area contributed by atoms with Crippen LogP contribution < -0.4 is 0 Å². The Bertz CT molecular complexity index is 1530. The van der Waals surface area contributed by atoms with E-state index in [1.807, 2.05) is 19.1 Å². The van der Waals surface area contributed by atoms with Crippen molar-refractivity contribution in [1.82, 2.24) is 39.4 Å². The summed E-state index contributed by atoms with van der Waals surface area (Å²) >= 11 is 0. The summed E-state index contributed by atoms with van der Waals surface area (Å²) in [7, 11) is 0. The van der Waals surface area contributed by atoms with Crippen LogP contribution in [0.5, 0.6) is 0 Å².